The molecule has 1 atom stereocenters. The maximum Gasteiger partial charge on any atom is 0.272 e. The molecule has 0 saturated heterocycles. The van der Waals surface area contributed by atoms with Crippen molar-refractivity contribution in [3.63, 3.8) is 0 Å². The summed E-state index contributed by atoms with van der Waals surface area (Å²) in [6.45, 7) is 2.63. The molecule has 8 heteroatoms. The Balaban J connectivity index is 1.14. The van der Waals surface area contributed by atoms with Crippen molar-refractivity contribution in [1.29, 1.82) is 5.26 Å². The van der Waals surface area contributed by atoms with Gasteiger partial charge in [0.05, 0.1) is 29.9 Å². The standard InChI is InChI=1S/C26H24FN5O2/c27-20-4-2-19(3-5-20)26(7-8-26)31-9-10-32-22(15-31)13-23(30-32)25(33)29-21-12-18-11-17(14-28)1-6-24(18)34-16-21/h1-6,11,13,21H,7-10,12,15-16H2,(H,29,33)/t21-/m1/s1. The second-order valence-corrected chi connectivity index (χ2v) is 9.32. The minimum absolute atomic E-state index is 0.0409. The number of aromatic nitrogens is 2. The van der Waals surface area contributed by atoms with Gasteiger partial charge in [0.1, 0.15) is 18.2 Å². The van der Waals surface area contributed by atoms with Crippen LogP contribution in [-0.2, 0) is 25.0 Å². The summed E-state index contributed by atoms with van der Waals surface area (Å²) in [6.07, 6.45) is 2.71. The van der Waals surface area contributed by atoms with E-state index in [1.807, 2.05) is 28.9 Å². The molecule has 3 aromatic rings. The molecule has 3 heterocycles. The third kappa shape index (κ3) is 3.62. The van der Waals surface area contributed by atoms with E-state index in [1.165, 1.54) is 12.1 Å². The maximum atomic E-state index is 13.4. The Morgan fingerprint density at radius 3 is 2.76 bits per heavy atom. The van der Waals surface area contributed by atoms with Crippen LogP contribution in [0.2, 0.25) is 0 Å². The third-order valence-electron chi connectivity index (χ3n) is 7.17. The molecule has 0 bridgehead atoms. The molecule has 1 N–H and O–H groups in total. The van der Waals surface area contributed by atoms with E-state index >= 15 is 0 Å². The number of ether oxygens (including phenoxy) is 1. The van der Waals surface area contributed by atoms with Gasteiger partial charge in [-0.2, -0.15) is 10.4 Å². The average Bonchev–Trinajstić information content (AvgIpc) is 3.55. The first-order chi connectivity index (χ1) is 16.5. The van der Waals surface area contributed by atoms with Crippen LogP contribution in [0.1, 0.15) is 45.7 Å². The molecule has 3 aliphatic rings. The zero-order valence-corrected chi connectivity index (χ0v) is 18.6. The summed E-state index contributed by atoms with van der Waals surface area (Å²) in [5.41, 5.74) is 4.02. The molecule has 6 rings (SSSR count). The Kier molecular flexibility index (Phi) is 4.89. The third-order valence-corrected chi connectivity index (χ3v) is 7.17. The van der Waals surface area contributed by atoms with Crippen LogP contribution in [0.3, 0.4) is 0 Å². The van der Waals surface area contributed by atoms with Crippen LogP contribution in [-0.4, -0.2) is 39.8 Å². The van der Waals surface area contributed by atoms with Gasteiger partial charge in [-0.25, -0.2) is 4.39 Å². The van der Waals surface area contributed by atoms with E-state index in [9.17, 15) is 9.18 Å². The second kappa shape index (κ2) is 7.96. The smallest absolute Gasteiger partial charge is 0.272 e. The second-order valence-electron chi connectivity index (χ2n) is 9.32. The molecule has 0 radical (unpaired) electrons. The fourth-order valence-electron chi connectivity index (χ4n) is 5.22. The van der Waals surface area contributed by atoms with Crippen molar-refractivity contribution in [2.45, 2.75) is 43.9 Å². The van der Waals surface area contributed by atoms with Crippen molar-refractivity contribution in [3.8, 4) is 11.8 Å². The maximum absolute atomic E-state index is 13.4. The van der Waals surface area contributed by atoms with Crippen LogP contribution in [0.4, 0.5) is 4.39 Å². The summed E-state index contributed by atoms with van der Waals surface area (Å²) in [6, 6.07) is 16.0. The zero-order valence-electron chi connectivity index (χ0n) is 18.6. The van der Waals surface area contributed by atoms with Gasteiger partial charge in [-0.1, -0.05) is 12.1 Å². The molecule has 2 aromatic carbocycles. The fraction of sp³-hybridized carbons (Fsp3) is 0.346. The molecule has 1 aromatic heterocycles. The Bertz CT molecular complexity index is 1310. The normalized spacial score (nSPS) is 20.4. The van der Waals surface area contributed by atoms with Gasteiger partial charge < -0.3 is 10.1 Å². The Hall–Kier alpha value is -3.70. The van der Waals surface area contributed by atoms with E-state index in [4.69, 9.17) is 10.00 Å². The van der Waals surface area contributed by atoms with E-state index in [1.54, 1.807) is 12.1 Å². The number of fused-ring (bicyclic) bond motifs is 2. The lowest BCUT2D eigenvalue weighted by atomic mass is 10.0. The molecular weight excluding hydrogens is 433 g/mol. The van der Waals surface area contributed by atoms with Crippen LogP contribution >= 0.6 is 0 Å². The molecular formula is C26H24FN5O2. The SMILES string of the molecule is N#Cc1ccc2c(c1)C[C@@H](NC(=O)c1cc3n(n1)CCN(C1(c4ccc(F)cc4)CC1)C3)CO2. The average molecular weight is 458 g/mol. The number of hydrogen-bond donors (Lipinski definition) is 1. The van der Waals surface area contributed by atoms with E-state index in [0.717, 1.165) is 42.0 Å². The highest BCUT2D eigenvalue weighted by Gasteiger charge is 2.50. The van der Waals surface area contributed by atoms with Crippen LogP contribution in [0.25, 0.3) is 0 Å². The first-order valence-electron chi connectivity index (χ1n) is 11.6. The van der Waals surface area contributed by atoms with Gasteiger partial charge >= 0.3 is 0 Å². The van der Waals surface area contributed by atoms with Crippen molar-refractivity contribution in [2.75, 3.05) is 13.2 Å². The highest BCUT2D eigenvalue weighted by molar-refractivity contribution is 5.92. The molecule has 1 amide bonds. The Labute approximate surface area is 196 Å². The van der Waals surface area contributed by atoms with E-state index in [-0.39, 0.29) is 23.3 Å². The molecule has 2 aliphatic heterocycles. The predicted octanol–water partition coefficient (Wildman–Crippen LogP) is 3.13. The number of hydrogen-bond acceptors (Lipinski definition) is 5. The largest absolute Gasteiger partial charge is 0.491 e. The summed E-state index contributed by atoms with van der Waals surface area (Å²) >= 11 is 0. The molecule has 7 nitrogen and oxygen atoms in total. The number of rotatable bonds is 4. The van der Waals surface area contributed by atoms with E-state index in [0.29, 0.717) is 37.4 Å². The van der Waals surface area contributed by atoms with Crippen molar-refractivity contribution in [3.05, 3.63) is 82.4 Å². The number of nitrogens with zero attached hydrogens (tertiary/aromatic N) is 4. The highest BCUT2D eigenvalue weighted by atomic mass is 19.1. The Morgan fingerprint density at radius 1 is 1.18 bits per heavy atom. The van der Waals surface area contributed by atoms with Gasteiger partial charge in [0.25, 0.3) is 5.91 Å². The minimum atomic E-state index is -0.221. The van der Waals surface area contributed by atoms with Crippen LogP contribution in [0, 0.1) is 17.1 Å². The summed E-state index contributed by atoms with van der Waals surface area (Å²) in [5, 5.41) is 16.7. The monoisotopic (exact) mass is 457 g/mol. The van der Waals surface area contributed by atoms with E-state index in [2.05, 4.69) is 21.4 Å². The van der Waals surface area contributed by atoms with Gasteiger partial charge in [0.15, 0.2) is 5.69 Å². The molecule has 1 fully saturated rings. The number of carbonyl (C=O) groups excluding carboxylic acids is 1. The first kappa shape index (κ1) is 20.9. The molecule has 1 aliphatic carbocycles. The summed E-state index contributed by atoms with van der Waals surface area (Å²) in [7, 11) is 0. The van der Waals surface area contributed by atoms with Crippen molar-refractivity contribution in [2.24, 2.45) is 0 Å². The zero-order chi connectivity index (χ0) is 23.3. The number of halogens is 1. The quantitative estimate of drug-likeness (QED) is 0.651. The van der Waals surface area contributed by atoms with Crippen LogP contribution in [0.15, 0.2) is 48.5 Å². The van der Waals surface area contributed by atoms with E-state index < -0.39 is 0 Å². The lowest BCUT2D eigenvalue weighted by Gasteiger charge is -2.35. The predicted molar refractivity (Wildman–Crippen MR) is 122 cm³/mol. The van der Waals surface area contributed by atoms with Gasteiger partial charge in [0, 0.05) is 18.6 Å². The number of nitriles is 1. The van der Waals surface area contributed by atoms with Crippen LogP contribution < -0.4 is 10.1 Å². The van der Waals surface area contributed by atoms with Gasteiger partial charge in [-0.3, -0.25) is 14.4 Å². The van der Waals surface area contributed by atoms with Gasteiger partial charge in [-0.15, -0.1) is 0 Å². The minimum Gasteiger partial charge on any atom is -0.491 e. The van der Waals surface area contributed by atoms with Crippen LogP contribution in [0.5, 0.6) is 5.75 Å². The fourth-order valence-corrected chi connectivity index (χ4v) is 5.22. The summed E-state index contributed by atoms with van der Waals surface area (Å²) in [5.74, 6) is 0.322. The molecule has 0 spiro atoms. The molecule has 0 unspecified atom stereocenters. The number of benzene rings is 2. The first-order valence-corrected chi connectivity index (χ1v) is 11.6. The topological polar surface area (TPSA) is 83.2 Å². The van der Waals surface area contributed by atoms with Crippen molar-refractivity contribution < 1.29 is 13.9 Å². The lowest BCUT2D eigenvalue weighted by molar-refractivity contribution is 0.0908. The summed E-state index contributed by atoms with van der Waals surface area (Å²) in [4.78, 5) is 15.4. The van der Waals surface area contributed by atoms with Gasteiger partial charge in [-0.05, 0) is 66.8 Å². The molecule has 172 valence electrons. The Morgan fingerprint density at radius 2 is 2.00 bits per heavy atom. The van der Waals surface area contributed by atoms with Crippen molar-refractivity contribution >= 4 is 5.91 Å². The number of amides is 1. The highest BCUT2D eigenvalue weighted by Crippen LogP contribution is 2.52. The lowest BCUT2D eigenvalue weighted by Crippen LogP contribution is -2.43. The molecule has 34 heavy (non-hydrogen) atoms. The summed E-state index contributed by atoms with van der Waals surface area (Å²) < 4.78 is 21.1. The number of carbonyl (C=O) groups is 1. The molecule has 1 saturated carbocycles. The van der Waals surface area contributed by atoms with Crippen molar-refractivity contribution in [1.82, 2.24) is 20.0 Å². The van der Waals surface area contributed by atoms with Gasteiger partial charge in [0.2, 0.25) is 0 Å². The number of nitrogens with one attached hydrogen (secondary N) is 1.